The van der Waals surface area contributed by atoms with Crippen LogP contribution in [0.5, 0.6) is 0 Å². The largest absolute Gasteiger partial charge is 0.316 e. The van der Waals surface area contributed by atoms with Gasteiger partial charge >= 0.3 is 0 Å². The zero-order chi connectivity index (χ0) is 15.5. The summed E-state index contributed by atoms with van der Waals surface area (Å²) in [5.74, 6) is 0.105. The van der Waals surface area contributed by atoms with E-state index in [2.05, 4.69) is 12.2 Å². The molecule has 2 unspecified atom stereocenters. The lowest BCUT2D eigenvalue weighted by Crippen LogP contribution is -2.40. The van der Waals surface area contributed by atoms with Crippen molar-refractivity contribution < 1.29 is 8.42 Å². The van der Waals surface area contributed by atoms with Crippen LogP contribution in [0.4, 0.5) is 0 Å². The van der Waals surface area contributed by atoms with Gasteiger partial charge in [0, 0.05) is 18.6 Å². The molecule has 1 heterocycles. The molecule has 118 valence electrons. The lowest BCUT2D eigenvalue weighted by molar-refractivity contribution is 0.328. The van der Waals surface area contributed by atoms with Crippen LogP contribution in [0.2, 0.25) is 0 Å². The summed E-state index contributed by atoms with van der Waals surface area (Å²) in [6, 6.07) is 8.13. The van der Waals surface area contributed by atoms with Gasteiger partial charge in [0.1, 0.15) is 0 Å². The molecule has 21 heavy (non-hydrogen) atoms. The maximum absolute atomic E-state index is 12.7. The van der Waals surface area contributed by atoms with Gasteiger partial charge < -0.3 is 5.32 Å². The first-order valence-corrected chi connectivity index (χ1v) is 9.32. The third kappa shape index (κ3) is 3.84. The Labute approximate surface area is 128 Å². The fraction of sp³-hybridized carbons (Fsp3) is 0.625. The quantitative estimate of drug-likeness (QED) is 0.878. The highest BCUT2D eigenvalue weighted by atomic mass is 32.2. The minimum Gasteiger partial charge on any atom is -0.316 e. The van der Waals surface area contributed by atoms with Gasteiger partial charge in [-0.3, -0.25) is 0 Å². The predicted octanol–water partition coefficient (Wildman–Crippen LogP) is 2.50. The highest BCUT2D eigenvalue weighted by molar-refractivity contribution is 7.88. The normalized spacial score (nSPS) is 23.6. The van der Waals surface area contributed by atoms with E-state index in [1.807, 2.05) is 38.2 Å². The smallest absolute Gasteiger partial charge is 0.218 e. The first-order valence-electron chi connectivity index (χ1n) is 7.71. The van der Waals surface area contributed by atoms with Crippen LogP contribution in [0.15, 0.2) is 24.3 Å². The van der Waals surface area contributed by atoms with Gasteiger partial charge in [-0.25, -0.2) is 8.42 Å². The highest BCUT2D eigenvalue weighted by Gasteiger charge is 2.37. The van der Waals surface area contributed by atoms with Crippen molar-refractivity contribution in [1.29, 1.82) is 0 Å². The average Bonchev–Trinajstić information content (AvgIpc) is 2.83. The Hall–Kier alpha value is -0.910. The van der Waals surface area contributed by atoms with Crippen LogP contribution in [-0.4, -0.2) is 31.9 Å². The van der Waals surface area contributed by atoms with Gasteiger partial charge in [0.2, 0.25) is 10.0 Å². The van der Waals surface area contributed by atoms with Crippen LogP contribution in [0.25, 0.3) is 0 Å². The Morgan fingerprint density at radius 3 is 2.38 bits per heavy atom. The number of rotatable bonds is 6. The second-order valence-electron chi connectivity index (χ2n) is 5.92. The van der Waals surface area contributed by atoms with Gasteiger partial charge in [-0.15, -0.1) is 0 Å². The molecule has 0 aliphatic carbocycles. The van der Waals surface area contributed by atoms with Crippen molar-refractivity contribution in [1.82, 2.24) is 9.62 Å². The number of sulfonamides is 1. The van der Waals surface area contributed by atoms with Crippen LogP contribution in [0, 0.1) is 0 Å². The standard InChI is InChI=1S/C16H26N2O2S/c1-4-16-10-5-13(2)18(16)21(19,20)12-15-8-6-14(7-9-15)11-17-3/h6-9,13,16-17H,4-5,10-12H2,1-3H3. The number of benzene rings is 1. The summed E-state index contributed by atoms with van der Waals surface area (Å²) >= 11 is 0. The zero-order valence-electron chi connectivity index (χ0n) is 13.2. The monoisotopic (exact) mass is 310 g/mol. The molecule has 2 rings (SSSR count). The molecule has 0 amide bonds. The van der Waals surface area contributed by atoms with Crippen LogP contribution >= 0.6 is 0 Å². The SMILES string of the molecule is CCC1CCC(C)N1S(=O)(=O)Cc1ccc(CNC)cc1. The maximum Gasteiger partial charge on any atom is 0.218 e. The van der Waals surface area contributed by atoms with Crippen LogP contribution in [0.3, 0.4) is 0 Å². The molecule has 1 aromatic rings. The second-order valence-corrected chi connectivity index (χ2v) is 7.80. The van der Waals surface area contributed by atoms with Gasteiger partial charge in [-0.1, -0.05) is 31.2 Å². The summed E-state index contributed by atoms with van der Waals surface area (Å²) in [6.07, 6.45) is 2.85. The topological polar surface area (TPSA) is 49.4 Å². The third-order valence-corrected chi connectivity index (χ3v) is 6.26. The third-order valence-electron chi connectivity index (χ3n) is 4.26. The number of hydrogen-bond acceptors (Lipinski definition) is 3. The summed E-state index contributed by atoms with van der Waals surface area (Å²) in [5, 5.41) is 3.09. The van der Waals surface area contributed by atoms with Crippen molar-refractivity contribution in [2.24, 2.45) is 0 Å². The summed E-state index contributed by atoms with van der Waals surface area (Å²) in [7, 11) is -1.33. The summed E-state index contributed by atoms with van der Waals surface area (Å²) < 4.78 is 27.2. The average molecular weight is 310 g/mol. The molecule has 0 bridgehead atoms. The number of nitrogens with zero attached hydrogens (tertiary/aromatic N) is 1. The Kier molecular flexibility index (Phi) is 5.41. The van der Waals surface area contributed by atoms with Crippen molar-refractivity contribution in [2.75, 3.05) is 7.05 Å². The molecule has 1 N–H and O–H groups in total. The number of hydrogen-bond donors (Lipinski definition) is 1. The lowest BCUT2D eigenvalue weighted by atomic mass is 10.1. The van der Waals surface area contributed by atoms with Gasteiger partial charge in [0.15, 0.2) is 0 Å². The molecule has 1 saturated heterocycles. The molecule has 2 atom stereocenters. The lowest BCUT2D eigenvalue weighted by Gasteiger charge is -2.27. The van der Waals surface area contributed by atoms with Crippen molar-refractivity contribution in [3.63, 3.8) is 0 Å². The zero-order valence-corrected chi connectivity index (χ0v) is 14.0. The second kappa shape index (κ2) is 6.90. The molecule has 4 nitrogen and oxygen atoms in total. The van der Waals surface area contributed by atoms with Crippen molar-refractivity contribution in [3.8, 4) is 0 Å². The van der Waals surface area contributed by atoms with Gasteiger partial charge in [-0.2, -0.15) is 4.31 Å². The van der Waals surface area contributed by atoms with E-state index in [9.17, 15) is 8.42 Å². The highest BCUT2D eigenvalue weighted by Crippen LogP contribution is 2.30. The first-order chi connectivity index (χ1) is 9.97. The van der Waals surface area contributed by atoms with Gasteiger partial charge in [-0.05, 0) is 44.4 Å². The summed E-state index contributed by atoms with van der Waals surface area (Å²) in [6.45, 7) is 4.88. The van der Waals surface area contributed by atoms with E-state index in [0.717, 1.165) is 31.4 Å². The van der Waals surface area contributed by atoms with Crippen molar-refractivity contribution in [3.05, 3.63) is 35.4 Å². The molecule has 5 heteroatoms. The van der Waals surface area contributed by atoms with Gasteiger partial charge in [0.05, 0.1) is 5.75 Å². The molecule has 1 aliphatic heterocycles. The molecule has 0 spiro atoms. The summed E-state index contributed by atoms with van der Waals surface area (Å²) in [5.41, 5.74) is 2.03. The van der Waals surface area contributed by atoms with E-state index in [4.69, 9.17) is 0 Å². The molecule has 0 saturated carbocycles. The van der Waals surface area contributed by atoms with Crippen molar-refractivity contribution in [2.45, 2.75) is 57.5 Å². The Morgan fingerprint density at radius 1 is 1.19 bits per heavy atom. The Balaban J connectivity index is 2.13. The van der Waals surface area contributed by atoms with Crippen molar-refractivity contribution >= 4 is 10.0 Å². The van der Waals surface area contributed by atoms with Crippen LogP contribution in [0.1, 0.15) is 44.2 Å². The first kappa shape index (κ1) is 16.5. The molecular weight excluding hydrogens is 284 g/mol. The van der Waals surface area contributed by atoms with E-state index in [1.165, 1.54) is 5.56 Å². The van der Waals surface area contributed by atoms with Crippen LogP contribution in [-0.2, 0) is 22.3 Å². The molecular formula is C16H26N2O2S. The van der Waals surface area contributed by atoms with E-state index in [1.54, 1.807) is 4.31 Å². The predicted molar refractivity (Wildman–Crippen MR) is 86.4 cm³/mol. The molecule has 0 radical (unpaired) electrons. The molecule has 1 aliphatic rings. The van der Waals surface area contributed by atoms with E-state index in [-0.39, 0.29) is 17.8 Å². The molecule has 0 aromatic heterocycles. The van der Waals surface area contributed by atoms with E-state index >= 15 is 0 Å². The number of nitrogens with one attached hydrogen (secondary N) is 1. The van der Waals surface area contributed by atoms with E-state index < -0.39 is 10.0 Å². The molecule has 1 aromatic carbocycles. The summed E-state index contributed by atoms with van der Waals surface area (Å²) in [4.78, 5) is 0. The minimum absolute atomic E-state index is 0.105. The fourth-order valence-corrected chi connectivity index (χ4v) is 5.30. The Morgan fingerprint density at radius 2 is 1.81 bits per heavy atom. The van der Waals surface area contributed by atoms with Crippen LogP contribution < -0.4 is 5.32 Å². The Bertz CT molecular complexity index is 554. The van der Waals surface area contributed by atoms with E-state index in [0.29, 0.717) is 0 Å². The maximum atomic E-state index is 12.7. The molecule has 1 fully saturated rings. The van der Waals surface area contributed by atoms with Gasteiger partial charge in [0.25, 0.3) is 0 Å². The fourth-order valence-electron chi connectivity index (χ4n) is 3.18. The minimum atomic E-state index is -3.23.